The topological polar surface area (TPSA) is 61.4 Å². The maximum atomic E-state index is 11.4. The predicted molar refractivity (Wildman–Crippen MR) is 61.1 cm³/mol. The third-order valence-corrected chi connectivity index (χ3v) is 2.83. The van der Waals surface area contributed by atoms with Gasteiger partial charge in [0.05, 0.1) is 0 Å². The molecule has 1 aliphatic carbocycles. The smallest absolute Gasteiger partial charge is 0.315 e. The summed E-state index contributed by atoms with van der Waals surface area (Å²) in [6.07, 6.45) is 3.39. The van der Waals surface area contributed by atoms with E-state index in [1.54, 1.807) is 24.3 Å². The molecule has 0 radical (unpaired) electrons. The average Bonchev–Trinajstić information content (AvgIpc) is 2.23. The number of carbonyl (C=O) groups is 1. The van der Waals surface area contributed by atoms with Gasteiger partial charge in [-0.15, -0.1) is 0 Å². The van der Waals surface area contributed by atoms with Crippen molar-refractivity contribution in [2.24, 2.45) is 0 Å². The molecule has 3 N–H and O–H groups in total. The first kappa shape index (κ1) is 10.8. The number of urea groups is 1. The van der Waals surface area contributed by atoms with Crippen LogP contribution in [0.5, 0.6) is 5.75 Å². The van der Waals surface area contributed by atoms with E-state index >= 15 is 0 Å². The van der Waals surface area contributed by atoms with Crippen molar-refractivity contribution in [2.45, 2.75) is 31.8 Å². The van der Waals surface area contributed by atoms with E-state index in [4.69, 9.17) is 5.11 Å². The number of nitrogens with one attached hydrogen (secondary N) is 2. The number of phenols is 1. The maximum absolute atomic E-state index is 11.4. The third kappa shape index (κ3) is 2.89. The lowest BCUT2D eigenvalue weighted by Crippen LogP contribution is -2.44. The Hall–Kier alpha value is -1.71. The van der Waals surface area contributed by atoms with E-state index in [1.165, 1.54) is 6.42 Å². The minimum absolute atomic E-state index is 0.113. The van der Waals surface area contributed by atoms with Gasteiger partial charge in [-0.3, -0.25) is 0 Å². The normalized spacial score (nSPS) is 15.2. The van der Waals surface area contributed by atoms with Crippen LogP contribution in [-0.2, 0) is 6.54 Å². The Bertz CT molecular complexity index is 358. The van der Waals surface area contributed by atoms with Crippen LogP contribution in [0, 0.1) is 0 Å². The fourth-order valence-electron chi connectivity index (χ4n) is 1.59. The highest BCUT2D eigenvalue weighted by atomic mass is 16.3. The van der Waals surface area contributed by atoms with E-state index in [9.17, 15) is 4.79 Å². The second kappa shape index (κ2) is 4.88. The van der Waals surface area contributed by atoms with Gasteiger partial charge in [0.2, 0.25) is 0 Å². The van der Waals surface area contributed by atoms with Crippen molar-refractivity contribution in [1.82, 2.24) is 10.6 Å². The van der Waals surface area contributed by atoms with E-state index in [0.29, 0.717) is 12.6 Å². The zero-order valence-electron chi connectivity index (χ0n) is 9.07. The van der Waals surface area contributed by atoms with Gasteiger partial charge in [0.25, 0.3) is 0 Å². The molecule has 0 atom stereocenters. The fraction of sp³-hybridized carbons (Fsp3) is 0.417. The minimum atomic E-state index is -0.113. The molecule has 0 unspecified atom stereocenters. The lowest BCUT2D eigenvalue weighted by atomic mass is 9.93. The summed E-state index contributed by atoms with van der Waals surface area (Å²) in [4.78, 5) is 11.4. The molecule has 1 aromatic carbocycles. The van der Waals surface area contributed by atoms with Crippen molar-refractivity contribution >= 4 is 6.03 Å². The molecule has 16 heavy (non-hydrogen) atoms. The maximum Gasteiger partial charge on any atom is 0.315 e. The molecule has 1 aromatic rings. The molecule has 1 saturated carbocycles. The van der Waals surface area contributed by atoms with Gasteiger partial charge in [-0.05, 0) is 37.0 Å². The highest BCUT2D eigenvalue weighted by molar-refractivity contribution is 5.74. The van der Waals surface area contributed by atoms with Gasteiger partial charge in [0, 0.05) is 12.6 Å². The predicted octanol–water partition coefficient (Wildman–Crippen LogP) is 1.74. The number of rotatable bonds is 3. The molecule has 1 aliphatic rings. The molecule has 0 spiro atoms. The summed E-state index contributed by atoms with van der Waals surface area (Å²) in [5, 5.41) is 14.8. The SMILES string of the molecule is O=C(NCc1ccc(O)cc1)NC1CCC1. The second-order valence-electron chi connectivity index (χ2n) is 4.12. The molecule has 0 aliphatic heterocycles. The summed E-state index contributed by atoms with van der Waals surface area (Å²) in [5.41, 5.74) is 0.974. The molecular formula is C12H16N2O2. The van der Waals surface area contributed by atoms with Crippen molar-refractivity contribution in [1.29, 1.82) is 0 Å². The van der Waals surface area contributed by atoms with Gasteiger partial charge in [0.15, 0.2) is 0 Å². The molecule has 0 saturated heterocycles. The number of hydrogen-bond donors (Lipinski definition) is 3. The summed E-state index contributed by atoms with van der Waals surface area (Å²) in [5.74, 6) is 0.239. The molecule has 2 rings (SSSR count). The van der Waals surface area contributed by atoms with Gasteiger partial charge in [-0.25, -0.2) is 4.79 Å². The largest absolute Gasteiger partial charge is 0.508 e. The fourth-order valence-corrected chi connectivity index (χ4v) is 1.59. The quantitative estimate of drug-likeness (QED) is 0.726. The van der Waals surface area contributed by atoms with Crippen LogP contribution in [0.2, 0.25) is 0 Å². The highest BCUT2D eigenvalue weighted by Crippen LogP contribution is 2.17. The van der Waals surface area contributed by atoms with Crippen LogP contribution in [0.1, 0.15) is 24.8 Å². The van der Waals surface area contributed by atoms with Gasteiger partial charge in [-0.2, -0.15) is 0 Å². The monoisotopic (exact) mass is 220 g/mol. The first-order chi connectivity index (χ1) is 7.74. The Labute approximate surface area is 94.7 Å². The minimum Gasteiger partial charge on any atom is -0.508 e. The first-order valence-corrected chi connectivity index (χ1v) is 5.56. The van der Waals surface area contributed by atoms with Crippen molar-refractivity contribution in [3.05, 3.63) is 29.8 Å². The van der Waals surface area contributed by atoms with Crippen LogP contribution in [0.25, 0.3) is 0 Å². The molecule has 0 bridgehead atoms. The van der Waals surface area contributed by atoms with Gasteiger partial charge in [-0.1, -0.05) is 12.1 Å². The summed E-state index contributed by atoms with van der Waals surface area (Å²) in [6, 6.07) is 7.05. The Kier molecular flexibility index (Phi) is 3.29. The number of phenolic OH excluding ortho intramolecular Hbond substituents is 1. The van der Waals surface area contributed by atoms with Crippen LogP contribution < -0.4 is 10.6 Å². The molecule has 1 fully saturated rings. The second-order valence-corrected chi connectivity index (χ2v) is 4.12. The summed E-state index contributed by atoms with van der Waals surface area (Å²) in [6.45, 7) is 0.485. The van der Waals surface area contributed by atoms with Gasteiger partial charge >= 0.3 is 6.03 Å². The summed E-state index contributed by atoms with van der Waals surface area (Å²) >= 11 is 0. The molecule has 4 heteroatoms. The van der Waals surface area contributed by atoms with Crippen molar-refractivity contribution < 1.29 is 9.90 Å². The van der Waals surface area contributed by atoms with E-state index in [2.05, 4.69) is 10.6 Å². The Morgan fingerprint density at radius 3 is 2.56 bits per heavy atom. The molecule has 2 amide bonds. The molecule has 0 heterocycles. The Morgan fingerprint density at radius 1 is 1.31 bits per heavy atom. The third-order valence-electron chi connectivity index (χ3n) is 2.83. The van der Waals surface area contributed by atoms with Crippen LogP contribution in [-0.4, -0.2) is 17.2 Å². The zero-order valence-corrected chi connectivity index (χ0v) is 9.07. The number of carbonyl (C=O) groups excluding carboxylic acids is 1. The van der Waals surface area contributed by atoms with Gasteiger partial charge in [0.1, 0.15) is 5.75 Å². The lowest BCUT2D eigenvalue weighted by Gasteiger charge is -2.26. The number of hydrogen-bond acceptors (Lipinski definition) is 2. The molecule has 0 aromatic heterocycles. The van der Waals surface area contributed by atoms with Crippen molar-refractivity contribution in [3.8, 4) is 5.75 Å². The van der Waals surface area contributed by atoms with E-state index in [-0.39, 0.29) is 11.8 Å². The zero-order chi connectivity index (χ0) is 11.4. The van der Waals surface area contributed by atoms with Crippen LogP contribution in [0.3, 0.4) is 0 Å². The standard InChI is InChI=1S/C12H16N2O2/c15-11-6-4-9(5-7-11)8-13-12(16)14-10-2-1-3-10/h4-7,10,15H,1-3,8H2,(H2,13,14,16). The Balaban J connectivity index is 1.73. The van der Waals surface area contributed by atoms with Crippen LogP contribution in [0.4, 0.5) is 4.79 Å². The number of benzene rings is 1. The van der Waals surface area contributed by atoms with Crippen molar-refractivity contribution in [3.63, 3.8) is 0 Å². The number of amides is 2. The molecule has 86 valence electrons. The summed E-state index contributed by atoms with van der Waals surface area (Å²) < 4.78 is 0. The molecule has 4 nitrogen and oxygen atoms in total. The summed E-state index contributed by atoms with van der Waals surface area (Å²) in [7, 11) is 0. The van der Waals surface area contributed by atoms with Gasteiger partial charge < -0.3 is 15.7 Å². The molecular weight excluding hydrogens is 204 g/mol. The van der Waals surface area contributed by atoms with E-state index < -0.39 is 0 Å². The lowest BCUT2D eigenvalue weighted by molar-refractivity contribution is 0.228. The van der Waals surface area contributed by atoms with E-state index in [0.717, 1.165) is 18.4 Å². The number of aromatic hydroxyl groups is 1. The van der Waals surface area contributed by atoms with E-state index in [1.807, 2.05) is 0 Å². The van der Waals surface area contributed by atoms with Crippen LogP contribution in [0.15, 0.2) is 24.3 Å². The Morgan fingerprint density at radius 2 is 2.00 bits per heavy atom. The highest BCUT2D eigenvalue weighted by Gasteiger charge is 2.18. The average molecular weight is 220 g/mol. The van der Waals surface area contributed by atoms with Crippen LogP contribution >= 0.6 is 0 Å². The van der Waals surface area contributed by atoms with Crippen molar-refractivity contribution in [2.75, 3.05) is 0 Å². The first-order valence-electron chi connectivity index (χ1n) is 5.56.